The lowest BCUT2D eigenvalue weighted by molar-refractivity contribution is -0.116. The summed E-state index contributed by atoms with van der Waals surface area (Å²) in [4.78, 5) is 16.5. The Morgan fingerprint density at radius 2 is 1.73 bits per heavy atom. The zero-order valence-corrected chi connectivity index (χ0v) is 18.7. The van der Waals surface area contributed by atoms with Crippen LogP contribution in [0.3, 0.4) is 0 Å². The smallest absolute Gasteiger partial charge is 0.243 e. The lowest BCUT2D eigenvalue weighted by Crippen LogP contribution is -2.23. The molecule has 170 valence electrons. The number of pyridine rings is 1. The maximum Gasteiger partial charge on any atom is 0.243 e. The van der Waals surface area contributed by atoms with E-state index in [2.05, 4.69) is 10.3 Å². The molecule has 1 heterocycles. The average Bonchev–Trinajstić information content (AvgIpc) is 3.45. The number of halogens is 2. The fourth-order valence-corrected chi connectivity index (χ4v) is 4.78. The van der Waals surface area contributed by atoms with Gasteiger partial charge in [-0.25, -0.2) is 8.78 Å². The first-order chi connectivity index (χ1) is 15.9. The number of unbranched alkanes of at least 4 members (excludes halogenated alkanes) is 1. The van der Waals surface area contributed by atoms with Crippen molar-refractivity contribution in [3.8, 4) is 0 Å². The van der Waals surface area contributed by atoms with Crippen molar-refractivity contribution in [3.05, 3.63) is 114 Å². The van der Waals surface area contributed by atoms with E-state index < -0.39 is 10.8 Å². The highest BCUT2D eigenvalue weighted by atomic mass is 19.1. The van der Waals surface area contributed by atoms with Crippen molar-refractivity contribution in [2.24, 2.45) is 5.41 Å². The molecule has 2 aromatic carbocycles. The first kappa shape index (κ1) is 22.8. The largest absolute Gasteiger partial charge is 0.353 e. The molecule has 3 aromatic rings. The molecular weight excluding hydrogens is 418 g/mol. The van der Waals surface area contributed by atoms with Gasteiger partial charge in [0.15, 0.2) is 0 Å². The molecule has 0 radical (unpaired) electrons. The van der Waals surface area contributed by atoms with Crippen LogP contribution in [0, 0.1) is 17.0 Å². The van der Waals surface area contributed by atoms with Crippen LogP contribution in [-0.2, 0) is 16.6 Å². The Labute approximate surface area is 193 Å². The van der Waals surface area contributed by atoms with Crippen molar-refractivity contribution in [2.45, 2.75) is 38.0 Å². The van der Waals surface area contributed by atoms with E-state index >= 15 is 0 Å². The standard InChI is InChI=1S/C28H28F2N2O/c1-27(14-13-26(33)32-16-3-2-7-21-8-6-15-31-19-21)20-28(27,22-9-4-11-24(29)17-22)23-10-5-12-25(30)18-23/h4-6,8-15,17-19H,2-3,7,16,20H2,1H3,(H,32,33)/b14-13+/t27-/m1/s1. The highest BCUT2D eigenvalue weighted by molar-refractivity contribution is 5.87. The summed E-state index contributed by atoms with van der Waals surface area (Å²) >= 11 is 0. The minimum atomic E-state index is -0.572. The quantitative estimate of drug-likeness (QED) is 0.336. The molecule has 3 nitrogen and oxygen atoms in total. The lowest BCUT2D eigenvalue weighted by atomic mass is 9.80. The van der Waals surface area contributed by atoms with Gasteiger partial charge in [-0.3, -0.25) is 9.78 Å². The summed E-state index contributed by atoms with van der Waals surface area (Å²) in [7, 11) is 0. The zero-order valence-electron chi connectivity index (χ0n) is 18.7. The van der Waals surface area contributed by atoms with Gasteiger partial charge in [0.1, 0.15) is 11.6 Å². The monoisotopic (exact) mass is 446 g/mol. The third-order valence-electron chi connectivity index (χ3n) is 6.63. The molecule has 1 aromatic heterocycles. The zero-order chi connectivity index (χ0) is 23.3. The third kappa shape index (κ3) is 5.03. The number of aryl methyl sites for hydroxylation is 1. The molecule has 1 aliphatic carbocycles. The number of nitrogens with one attached hydrogen (secondary N) is 1. The Kier molecular flexibility index (Phi) is 6.68. The number of hydrogen-bond acceptors (Lipinski definition) is 2. The summed E-state index contributed by atoms with van der Waals surface area (Å²) in [5.74, 6) is -0.812. The first-order valence-corrected chi connectivity index (χ1v) is 11.3. The van der Waals surface area contributed by atoms with Gasteiger partial charge in [0, 0.05) is 29.8 Å². The normalized spacial score (nSPS) is 18.9. The summed E-state index contributed by atoms with van der Waals surface area (Å²) in [6.45, 7) is 2.62. The topological polar surface area (TPSA) is 42.0 Å². The second-order valence-electron chi connectivity index (χ2n) is 8.96. The molecule has 1 amide bonds. The van der Waals surface area contributed by atoms with Crippen molar-refractivity contribution in [1.29, 1.82) is 0 Å². The maximum atomic E-state index is 14.0. The van der Waals surface area contributed by atoms with E-state index in [1.165, 1.54) is 29.8 Å². The number of allylic oxidation sites excluding steroid dienone is 1. The van der Waals surface area contributed by atoms with Gasteiger partial charge in [-0.1, -0.05) is 43.3 Å². The predicted molar refractivity (Wildman–Crippen MR) is 126 cm³/mol. The molecule has 0 aliphatic heterocycles. The van der Waals surface area contributed by atoms with Crippen LogP contribution < -0.4 is 5.32 Å². The molecule has 4 rings (SSSR count). The van der Waals surface area contributed by atoms with Crippen molar-refractivity contribution >= 4 is 5.91 Å². The number of carbonyl (C=O) groups is 1. The van der Waals surface area contributed by atoms with Crippen LogP contribution in [-0.4, -0.2) is 17.4 Å². The van der Waals surface area contributed by atoms with Gasteiger partial charge in [-0.15, -0.1) is 0 Å². The molecule has 1 N–H and O–H groups in total. The molecule has 1 aliphatic rings. The Hall–Kier alpha value is -3.34. The summed E-state index contributed by atoms with van der Waals surface area (Å²) in [5.41, 5.74) is 1.77. The number of hydrogen-bond donors (Lipinski definition) is 1. The van der Waals surface area contributed by atoms with E-state index in [0.29, 0.717) is 13.0 Å². The number of amides is 1. The Bertz CT molecular complexity index is 1100. The fourth-order valence-electron chi connectivity index (χ4n) is 4.78. The van der Waals surface area contributed by atoms with Gasteiger partial charge in [-0.05, 0) is 78.8 Å². The summed E-state index contributed by atoms with van der Waals surface area (Å²) < 4.78 is 28.1. The molecule has 5 heteroatoms. The summed E-state index contributed by atoms with van der Waals surface area (Å²) in [5, 5.41) is 2.93. The van der Waals surface area contributed by atoms with E-state index in [4.69, 9.17) is 0 Å². The molecule has 0 bridgehead atoms. The van der Waals surface area contributed by atoms with Crippen LogP contribution in [0.1, 0.15) is 42.9 Å². The van der Waals surface area contributed by atoms with Crippen LogP contribution in [0.25, 0.3) is 0 Å². The second kappa shape index (κ2) is 9.65. The maximum absolute atomic E-state index is 14.0. The lowest BCUT2D eigenvalue weighted by Gasteiger charge is -2.23. The van der Waals surface area contributed by atoms with E-state index in [9.17, 15) is 13.6 Å². The molecule has 1 fully saturated rings. The molecular formula is C28H28F2N2O. The minimum absolute atomic E-state index is 0.156. The van der Waals surface area contributed by atoms with Crippen molar-refractivity contribution in [1.82, 2.24) is 10.3 Å². The van der Waals surface area contributed by atoms with Crippen molar-refractivity contribution in [3.63, 3.8) is 0 Å². The summed E-state index contributed by atoms with van der Waals surface area (Å²) in [6.07, 6.45) is 10.5. The van der Waals surface area contributed by atoms with Crippen LogP contribution in [0.2, 0.25) is 0 Å². The van der Waals surface area contributed by atoms with E-state index in [0.717, 1.165) is 30.4 Å². The number of nitrogens with zero attached hydrogens (tertiary/aromatic N) is 1. The van der Waals surface area contributed by atoms with Crippen LogP contribution in [0.4, 0.5) is 8.78 Å². The highest BCUT2D eigenvalue weighted by Gasteiger charge is 2.64. The molecule has 0 saturated heterocycles. The van der Waals surface area contributed by atoms with Crippen LogP contribution in [0.15, 0.2) is 85.2 Å². The van der Waals surface area contributed by atoms with Crippen molar-refractivity contribution < 1.29 is 13.6 Å². The van der Waals surface area contributed by atoms with Gasteiger partial charge < -0.3 is 5.32 Å². The first-order valence-electron chi connectivity index (χ1n) is 11.3. The Morgan fingerprint density at radius 3 is 2.33 bits per heavy atom. The van der Waals surface area contributed by atoms with Crippen LogP contribution in [0.5, 0.6) is 0 Å². The van der Waals surface area contributed by atoms with Gasteiger partial charge in [-0.2, -0.15) is 0 Å². The van der Waals surface area contributed by atoms with Gasteiger partial charge in [0.25, 0.3) is 0 Å². The molecule has 1 saturated carbocycles. The third-order valence-corrected chi connectivity index (χ3v) is 6.63. The number of rotatable bonds is 9. The fraction of sp³-hybridized carbons (Fsp3) is 0.286. The van der Waals surface area contributed by atoms with Gasteiger partial charge in [0.2, 0.25) is 5.91 Å². The Balaban J connectivity index is 1.40. The highest BCUT2D eigenvalue weighted by Crippen LogP contribution is 2.69. The Morgan fingerprint density at radius 1 is 1.03 bits per heavy atom. The number of benzene rings is 2. The molecule has 0 spiro atoms. The molecule has 33 heavy (non-hydrogen) atoms. The average molecular weight is 447 g/mol. The predicted octanol–water partition coefficient (Wildman–Crippen LogP) is 5.75. The second-order valence-corrected chi connectivity index (χ2v) is 8.96. The van der Waals surface area contributed by atoms with E-state index in [1.807, 2.05) is 43.5 Å². The number of aromatic nitrogens is 1. The number of carbonyl (C=O) groups excluding carboxylic acids is 1. The molecule has 1 atom stereocenters. The van der Waals surface area contributed by atoms with E-state index in [1.54, 1.807) is 24.4 Å². The molecule has 0 unspecified atom stereocenters. The van der Waals surface area contributed by atoms with Gasteiger partial charge >= 0.3 is 0 Å². The minimum Gasteiger partial charge on any atom is -0.353 e. The SMILES string of the molecule is C[C@@]1(/C=C/C(=O)NCCCCc2cccnc2)CC1(c1cccc(F)c1)c1cccc(F)c1. The van der Waals surface area contributed by atoms with Gasteiger partial charge in [0.05, 0.1) is 0 Å². The van der Waals surface area contributed by atoms with Crippen molar-refractivity contribution in [2.75, 3.05) is 6.54 Å². The van der Waals surface area contributed by atoms with Crippen LogP contribution >= 0.6 is 0 Å². The summed E-state index contributed by atoms with van der Waals surface area (Å²) in [6, 6.07) is 16.9. The van der Waals surface area contributed by atoms with E-state index in [-0.39, 0.29) is 17.5 Å².